The highest BCUT2D eigenvalue weighted by Gasteiger charge is 2.47. The SMILES string of the molecule is CC(=O)C[C@H](NC1(c2ccccc2)c2ccccc2-c2ccccc21)C(=O)OC(C)(C)C. The van der Waals surface area contributed by atoms with Crippen molar-refractivity contribution < 1.29 is 14.3 Å². The van der Waals surface area contributed by atoms with Crippen molar-refractivity contribution in [3.05, 3.63) is 95.6 Å². The molecule has 3 aromatic rings. The van der Waals surface area contributed by atoms with Gasteiger partial charge in [-0.1, -0.05) is 78.9 Å². The summed E-state index contributed by atoms with van der Waals surface area (Å²) in [6.45, 7) is 7.01. The van der Waals surface area contributed by atoms with E-state index in [1.807, 2.05) is 63.2 Å². The summed E-state index contributed by atoms with van der Waals surface area (Å²) in [5, 5.41) is 3.62. The summed E-state index contributed by atoms with van der Waals surface area (Å²) in [5.41, 5.74) is 3.92. The Morgan fingerprint density at radius 1 is 0.844 bits per heavy atom. The van der Waals surface area contributed by atoms with E-state index in [9.17, 15) is 9.59 Å². The molecule has 0 aromatic heterocycles. The van der Waals surface area contributed by atoms with Gasteiger partial charge < -0.3 is 4.74 Å². The van der Waals surface area contributed by atoms with Crippen LogP contribution in [0.2, 0.25) is 0 Å². The molecule has 0 unspecified atom stereocenters. The lowest BCUT2D eigenvalue weighted by atomic mass is 9.79. The van der Waals surface area contributed by atoms with Crippen molar-refractivity contribution in [2.45, 2.75) is 51.3 Å². The lowest BCUT2D eigenvalue weighted by Crippen LogP contribution is -2.53. The van der Waals surface area contributed by atoms with Crippen molar-refractivity contribution in [1.29, 1.82) is 0 Å². The fourth-order valence-corrected chi connectivity index (χ4v) is 4.59. The van der Waals surface area contributed by atoms with Crippen LogP contribution in [0.3, 0.4) is 0 Å². The van der Waals surface area contributed by atoms with Gasteiger partial charge in [-0.2, -0.15) is 0 Å². The van der Waals surface area contributed by atoms with E-state index in [4.69, 9.17) is 4.74 Å². The molecule has 0 saturated heterocycles. The van der Waals surface area contributed by atoms with Crippen LogP contribution in [0, 0.1) is 0 Å². The molecular formula is C28H29NO3. The Labute approximate surface area is 189 Å². The zero-order valence-corrected chi connectivity index (χ0v) is 19.0. The van der Waals surface area contributed by atoms with Crippen LogP contribution < -0.4 is 5.32 Å². The van der Waals surface area contributed by atoms with Gasteiger partial charge in [-0.3, -0.25) is 14.9 Å². The van der Waals surface area contributed by atoms with Gasteiger partial charge in [-0.25, -0.2) is 0 Å². The minimum absolute atomic E-state index is 0.0494. The largest absolute Gasteiger partial charge is 0.459 e. The van der Waals surface area contributed by atoms with Crippen molar-refractivity contribution >= 4 is 11.8 Å². The molecule has 0 saturated carbocycles. The lowest BCUT2D eigenvalue weighted by molar-refractivity contribution is -0.158. The first kappa shape index (κ1) is 22.0. The zero-order chi connectivity index (χ0) is 22.9. The van der Waals surface area contributed by atoms with Gasteiger partial charge in [0.2, 0.25) is 0 Å². The molecule has 0 radical (unpaired) electrons. The van der Waals surface area contributed by atoms with E-state index in [0.717, 1.165) is 27.8 Å². The van der Waals surface area contributed by atoms with Crippen LogP contribution in [-0.4, -0.2) is 23.4 Å². The quantitative estimate of drug-likeness (QED) is 0.547. The van der Waals surface area contributed by atoms with Gasteiger partial charge in [0.25, 0.3) is 0 Å². The second-order valence-electron chi connectivity index (χ2n) is 9.34. The van der Waals surface area contributed by atoms with Crippen LogP contribution in [0.5, 0.6) is 0 Å². The number of rotatable bonds is 6. The van der Waals surface area contributed by atoms with Crippen molar-refractivity contribution in [2.75, 3.05) is 0 Å². The molecule has 1 atom stereocenters. The Morgan fingerprint density at radius 2 is 1.34 bits per heavy atom. The van der Waals surface area contributed by atoms with Crippen molar-refractivity contribution in [2.24, 2.45) is 0 Å². The van der Waals surface area contributed by atoms with E-state index in [2.05, 4.69) is 41.7 Å². The molecular weight excluding hydrogens is 398 g/mol. The van der Waals surface area contributed by atoms with Crippen LogP contribution >= 0.6 is 0 Å². The molecule has 4 nitrogen and oxygen atoms in total. The third kappa shape index (κ3) is 3.98. The summed E-state index contributed by atoms with van der Waals surface area (Å²) in [6.07, 6.45) is 0.0494. The number of carbonyl (C=O) groups is 2. The van der Waals surface area contributed by atoms with Crippen LogP contribution in [-0.2, 0) is 19.9 Å². The monoisotopic (exact) mass is 427 g/mol. The third-order valence-electron chi connectivity index (χ3n) is 5.73. The lowest BCUT2D eigenvalue weighted by Gasteiger charge is -2.37. The predicted molar refractivity (Wildman–Crippen MR) is 126 cm³/mol. The second-order valence-corrected chi connectivity index (χ2v) is 9.34. The molecule has 0 amide bonds. The molecule has 0 spiro atoms. The maximum atomic E-state index is 13.2. The Bertz CT molecular complexity index is 1100. The fourth-order valence-electron chi connectivity index (χ4n) is 4.59. The average Bonchev–Trinajstić information content (AvgIpc) is 3.04. The number of carbonyl (C=O) groups excluding carboxylic acids is 2. The van der Waals surface area contributed by atoms with Gasteiger partial charge in [-0.15, -0.1) is 0 Å². The summed E-state index contributed by atoms with van der Waals surface area (Å²) < 4.78 is 5.71. The highest BCUT2D eigenvalue weighted by Crippen LogP contribution is 2.51. The van der Waals surface area contributed by atoms with Gasteiger partial charge in [-0.05, 0) is 55.5 Å². The number of hydrogen-bond donors (Lipinski definition) is 1. The molecule has 0 fully saturated rings. The molecule has 1 N–H and O–H groups in total. The van der Waals surface area contributed by atoms with Crippen LogP contribution in [0.15, 0.2) is 78.9 Å². The van der Waals surface area contributed by atoms with Gasteiger partial charge in [0, 0.05) is 6.42 Å². The Morgan fingerprint density at radius 3 is 1.84 bits per heavy atom. The molecule has 4 heteroatoms. The van der Waals surface area contributed by atoms with Gasteiger partial charge >= 0.3 is 5.97 Å². The molecule has 164 valence electrons. The Hall–Kier alpha value is -3.24. The summed E-state index contributed by atoms with van der Waals surface area (Å²) >= 11 is 0. The number of ketones is 1. The topological polar surface area (TPSA) is 55.4 Å². The van der Waals surface area contributed by atoms with E-state index >= 15 is 0 Å². The summed E-state index contributed by atoms with van der Waals surface area (Å²) in [4.78, 5) is 25.4. The molecule has 1 aliphatic rings. The zero-order valence-electron chi connectivity index (χ0n) is 19.0. The maximum Gasteiger partial charge on any atom is 0.324 e. The number of fused-ring (bicyclic) bond motifs is 3. The summed E-state index contributed by atoms with van der Waals surface area (Å²) in [5.74, 6) is -0.499. The van der Waals surface area contributed by atoms with E-state index in [1.165, 1.54) is 6.92 Å². The van der Waals surface area contributed by atoms with Crippen molar-refractivity contribution in [3.8, 4) is 11.1 Å². The number of benzene rings is 3. The number of esters is 1. The van der Waals surface area contributed by atoms with E-state index < -0.39 is 23.2 Å². The molecule has 4 rings (SSSR count). The summed E-state index contributed by atoms with van der Waals surface area (Å²) in [7, 11) is 0. The van der Waals surface area contributed by atoms with E-state index in [-0.39, 0.29) is 12.2 Å². The maximum absolute atomic E-state index is 13.2. The number of ether oxygens (including phenoxy) is 1. The van der Waals surface area contributed by atoms with Crippen LogP contribution in [0.25, 0.3) is 11.1 Å². The summed E-state index contributed by atoms with van der Waals surface area (Å²) in [6, 6.07) is 25.8. The number of Topliss-reactive ketones (excluding diaryl/α,β-unsaturated/α-hetero) is 1. The Balaban J connectivity index is 1.93. The first-order chi connectivity index (χ1) is 15.2. The van der Waals surface area contributed by atoms with E-state index in [0.29, 0.717) is 0 Å². The highest BCUT2D eigenvalue weighted by molar-refractivity contribution is 5.87. The van der Waals surface area contributed by atoms with Gasteiger partial charge in [0.15, 0.2) is 0 Å². The molecule has 0 bridgehead atoms. The smallest absolute Gasteiger partial charge is 0.324 e. The Kier molecular flexibility index (Phi) is 5.74. The standard InChI is InChI=1S/C28H29NO3/c1-19(30)18-25(26(31)32-27(2,3)4)29-28(20-12-6-5-7-13-20)23-16-10-8-14-21(23)22-15-9-11-17-24(22)28/h5-17,25,29H,18H2,1-4H3/t25-/m0/s1. The fraction of sp³-hybridized carbons (Fsp3) is 0.286. The number of hydrogen-bond acceptors (Lipinski definition) is 4. The van der Waals surface area contributed by atoms with E-state index in [1.54, 1.807) is 0 Å². The predicted octanol–water partition coefficient (Wildman–Crippen LogP) is 5.24. The highest BCUT2D eigenvalue weighted by atomic mass is 16.6. The van der Waals surface area contributed by atoms with Crippen molar-refractivity contribution in [1.82, 2.24) is 5.32 Å². The minimum atomic E-state index is -0.800. The van der Waals surface area contributed by atoms with Crippen molar-refractivity contribution in [3.63, 3.8) is 0 Å². The first-order valence-corrected chi connectivity index (χ1v) is 11.0. The normalized spacial score (nSPS) is 14.9. The number of nitrogens with one attached hydrogen (secondary N) is 1. The first-order valence-electron chi connectivity index (χ1n) is 11.0. The molecule has 1 aliphatic carbocycles. The van der Waals surface area contributed by atoms with Crippen LogP contribution in [0.4, 0.5) is 0 Å². The third-order valence-corrected chi connectivity index (χ3v) is 5.73. The van der Waals surface area contributed by atoms with Gasteiger partial charge in [0.1, 0.15) is 17.4 Å². The average molecular weight is 428 g/mol. The van der Waals surface area contributed by atoms with Crippen LogP contribution in [0.1, 0.15) is 50.8 Å². The molecule has 32 heavy (non-hydrogen) atoms. The molecule has 0 heterocycles. The second kappa shape index (κ2) is 8.36. The molecule has 0 aliphatic heterocycles. The minimum Gasteiger partial charge on any atom is -0.459 e. The van der Waals surface area contributed by atoms with Gasteiger partial charge in [0.05, 0.1) is 5.54 Å². The molecule has 3 aromatic carbocycles.